The first-order valence-corrected chi connectivity index (χ1v) is 10.2. The Labute approximate surface area is 154 Å². The molecule has 0 fully saturated rings. The van der Waals surface area contributed by atoms with E-state index in [-0.39, 0.29) is 0 Å². The van der Waals surface area contributed by atoms with Crippen molar-refractivity contribution < 1.29 is 9.30 Å². The first-order valence-electron chi connectivity index (χ1n) is 7.62. The van der Waals surface area contributed by atoms with E-state index >= 15 is 0 Å². The summed E-state index contributed by atoms with van der Waals surface area (Å²) in [5, 5.41) is 0. The van der Waals surface area contributed by atoms with Gasteiger partial charge < -0.3 is 9.64 Å². The lowest BCUT2D eigenvalue weighted by Crippen LogP contribution is -2.35. The van der Waals surface area contributed by atoms with Crippen LogP contribution in [0.2, 0.25) is 0 Å². The van der Waals surface area contributed by atoms with Crippen molar-refractivity contribution in [1.29, 1.82) is 0 Å². The van der Waals surface area contributed by atoms with Crippen molar-refractivity contribution in [2.45, 2.75) is 6.54 Å². The molecule has 0 saturated carbocycles. The molecule has 0 bridgehead atoms. The number of nitrogens with zero attached hydrogens (tertiary/aromatic N) is 2. The molecule has 0 amide bonds. The van der Waals surface area contributed by atoms with E-state index in [2.05, 4.69) is 52.2 Å². The van der Waals surface area contributed by atoms with E-state index in [0.29, 0.717) is 6.61 Å². The number of aromatic nitrogens is 1. The van der Waals surface area contributed by atoms with Gasteiger partial charge in [-0.3, -0.25) is 0 Å². The standard InChI is InChI=1S/C18H19N2OS3/c1-19(2)15-7-9-20(10-8-15)11-12-21-16-5-3-14(4-6-16)17-13-18(22)24-23-17/h3-10,13H,11-12H2,1-2H3/q+1. The molecule has 0 aliphatic heterocycles. The van der Waals surface area contributed by atoms with Crippen molar-refractivity contribution in [3.8, 4) is 16.2 Å². The van der Waals surface area contributed by atoms with Crippen LogP contribution in [-0.4, -0.2) is 20.7 Å². The maximum absolute atomic E-state index is 5.84. The molecule has 0 aliphatic rings. The van der Waals surface area contributed by atoms with Crippen molar-refractivity contribution in [1.82, 2.24) is 0 Å². The van der Waals surface area contributed by atoms with Gasteiger partial charge in [-0.2, -0.15) is 0 Å². The van der Waals surface area contributed by atoms with Gasteiger partial charge in [-0.1, -0.05) is 32.9 Å². The van der Waals surface area contributed by atoms with E-state index in [1.807, 2.05) is 26.2 Å². The molecule has 0 atom stereocenters. The molecule has 124 valence electrons. The summed E-state index contributed by atoms with van der Waals surface area (Å²) in [6.45, 7) is 1.46. The van der Waals surface area contributed by atoms with Gasteiger partial charge in [0.25, 0.3) is 0 Å². The van der Waals surface area contributed by atoms with Gasteiger partial charge in [-0.15, -0.1) is 0 Å². The molecule has 0 aliphatic carbocycles. The first kappa shape index (κ1) is 17.1. The third-order valence-corrected chi connectivity index (χ3v) is 6.52. The molecule has 3 rings (SSSR count). The Morgan fingerprint density at radius 3 is 2.33 bits per heavy atom. The van der Waals surface area contributed by atoms with Crippen LogP contribution in [0.3, 0.4) is 0 Å². The summed E-state index contributed by atoms with van der Waals surface area (Å²) in [5.41, 5.74) is 2.38. The van der Waals surface area contributed by atoms with Crippen LogP contribution in [0.1, 0.15) is 0 Å². The fourth-order valence-electron chi connectivity index (χ4n) is 2.25. The van der Waals surface area contributed by atoms with Gasteiger partial charge in [-0.05, 0) is 35.9 Å². The van der Waals surface area contributed by atoms with Crippen LogP contribution in [-0.2, 0) is 6.54 Å². The average Bonchev–Trinajstić information content (AvgIpc) is 3.02. The van der Waals surface area contributed by atoms with Gasteiger partial charge >= 0.3 is 0 Å². The Kier molecular flexibility index (Phi) is 5.60. The molecule has 2 heterocycles. The van der Waals surface area contributed by atoms with Crippen molar-refractivity contribution in [2.75, 3.05) is 25.6 Å². The van der Waals surface area contributed by atoms with Crippen molar-refractivity contribution in [3.05, 3.63) is 58.7 Å². The minimum absolute atomic E-state index is 0.642. The zero-order valence-electron chi connectivity index (χ0n) is 13.6. The van der Waals surface area contributed by atoms with Crippen LogP contribution in [0.15, 0.2) is 54.9 Å². The van der Waals surface area contributed by atoms with Crippen LogP contribution < -0.4 is 14.2 Å². The summed E-state index contributed by atoms with van der Waals surface area (Å²) in [4.78, 5) is 3.30. The normalized spacial score (nSPS) is 10.6. The first-order chi connectivity index (χ1) is 11.6. The molecule has 1 aromatic carbocycles. The molecule has 0 unspecified atom stereocenters. The Bertz CT molecular complexity index is 836. The largest absolute Gasteiger partial charge is 0.487 e. The summed E-state index contributed by atoms with van der Waals surface area (Å²) >= 11 is 5.18. The highest BCUT2D eigenvalue weighted by Gasteiger charge is 2.04. The van der Waals surface area contributed by atoms with Gasteiger partial charge in [0.1, 0.15) is 16.2 Å². The molecule has 0 radical (unpaired) electrons. The smallest absolute Gasteiger partial charge is 0.182 e. The molecule has 24 heavy (non-hydrogen) atoms. The van der Waals surface area contributed by atoms with Gasteiger partial charge in [0, 0.05) is 36.8 Å². The number of pyridine rings is 1. The maximum Gasteiger partial charge on any atom is 0.182 e. The summed E-state index contributed by atoms with van der Waals surface area (Å²) in [7, 11) is 7.43. The fraction of sp³-hybridized carbons (Fsp3) is 0.222. The van der Waals surface area contributed by atoms with Gasteiger partial charge in [0.2, 0.25) is 0 Å². The summed E-state index contributed by atoms with van der Waals surface area (Å²) in [6.07, 6.45) is 4.15. The summed E-state index contributed by atoms with van der Waals surface area (Å²) < 4.78 is 8.90. The average molecular weight is 376 g/mol. The lowest BCUT2D eigenvalue weighted by molar-refractivity contribution is -0.697. The molecule has 2 aromatic heterocycles. The zero-order chi connectivity index (χ0) is 16.9. The van der Waals surface area contributed by atoms with Crippen molar-refractivity contribution in [3.63, 3.8) is 0 Å². The number of hydrogen-bond donors (Lipinski definition) is 0. The third kappa shape index (κ3) is 4.41. The van der Waals surface area contributed by atoms with Crippen molar-refractivity contribution >= 4 is 38.6 Å². The van der Waals surface area contributed by atoms with Crippen LogP contribution in [0.5, 0.6) is 5.75 Å². The van der Waals surface area contributed by atoms with Gasteiger partial charge in [0.15, 0.2) is 18.9 Å². The van der Waals surface area contributed by atoms with E-state index in [1.165, 1.54) is 16.1 Å². The highest BCUT2D eigenvalue weighted by molar-refractivity contribution is 7.80. The quantitative estimate of drug-likeness (QED) is 0.355. The Hall–Kier alpha value is -1.76. The van der Waals surface area contributed by atoms with E-state index < -0.39 is 0 Å². The van der Waals surface area contributed by atoms with Crippen LogP contribution in [0, 0.1) is 3.82 Å². The van der Waals surface area contributed by atoms with Crippen LogP contribution in [0.4, 0.5) is 5.69 Å². The van der Waals surface area contributed by atoms with E-state index in [0.717, 1.165) is 16.1 Å². The highest BCUT2D eigenvalue weighted by atomic mass is 32.9. The lowest BCUT2D eigenvalue weighted by atomic mass is 10.2. The van der Waals surface area contributed by atoms with Gasteiger partial charge in [0.05, 0.1) is 0 Å². The minimum atomic E-state index is 0.642. The topological polar surface area (TPSA) is 16.4 Å². The predicted molar refractivity (Wildman–Crippen MR) is 105 cm³/mol. The SMILES string of the molecule is CN(C)c1cc[n+](CCOc2ccc(-c3cc(=S)ss3)cc2)cc1. The van der Waals surface area contributed by atoms with Crippen molar-refractivity contribution in [2.24, 2.45) is 0 Å². The molecule has 3 nitrogen and oxygen atoms in total. The molecule has 0 N–H and O–H groups in total. The maximum atomic E-state index is 5.84. The molecular formula is C18H19N2OS3+. The molecule has 0 saturated heterocycles. The van der Waals surface area contributed by atoms with E-state index in [1.54, 1.807) is 20.7 Å². The molecular weight excluding hydrogens is 356 g/mol. The fourth-order valence-corrected chi connectivity index (χ4v) is 4.66. The Balaban J connectivity index is 1.54. The van der Waals surface area contributed by atoms with E-state index in [9.17, 15) is 0 Å². The molecule has 0 spiro atoms. The number of hydrogen-bond acceptors (Lipinski definition) is 5. The predicted octanol–water partition coefficient (Wildman–Crippen LogP) is 4.64. The summed E-state index contributed by atoms with van der Waals surface area (Å²) in [5.74, 6) is 0.892. The lowest BCUT2D eigenvalue weighted by Gasteiger charge is -2.10. The Morgan fingerprint density at radius 2 is 1.75 bits per heavy atom. The number of rotatable bonds is 6. The van der Waals surface area contributed by atoms with Gasteiger partial charge in [-0.25, -0.2) is 4.57 Å². The second-order valence-corrected chi connectivity index (χ2v) is 8.47. The summed E-state index contributed by atoms with van der Waals surface area (Å²) in [6, 6.07) is 14.5. The minimum Gasteiger partial charge on any atom is -0.487 e. The van der Waals surface area contributed by atoms with Crippen LogP contribution >= 0.6 is 32.9 Å². The third-order valence-electron chi connectivity index (χ3n) is 3.61. The molecule has 3 aromatic rings. The second kappa shape index (κ2) is 7.88. The zero-order valence-corrected chi connectivity index (χ0v) is 16.1. The highest BCUT2D eigenvalue weighted by Crippen LogP contribution is 2.30. The number of ether oxygens (including phenoxy) is 1. The molecule has 6 heteroatoms. The van der Waals surface area contributed by atoms with E-state index in [4.69, 9.17) is 17.0 Å². The number of anilines is 1. The monoisotopic (exact) mass is 375 g/mol. The van der Waals surface area contributed by atoms with Crippen LogP contribution in [0.25, 0.3) is 10.4 Å². The number of benzene rings is 1. The second-order valence-electron chi connectivity index (χ2n) is 5.56. The Morgan fingerprint density at radius 1 is 1.04 bits per heavy atom.